The molecule has 8 nitrogen and oxygen atoms in total. The van der Waals surface area contributed by atoms with E-state index in [4.69, 9.17) is 4.55 Å². The highest BCUT2D eigenvalue weighted by atomic mass is 32.2. The van der Waals surface area contributed by atoms with Gasteiger partial charge < -0.3 is 14.2 Å². The molecule has 0 heterocycles. The van der Waals surface area contributed by atoms with Gasteiger partial charge in [-0.3, -0.25) is 4.55 Å². The Morgan fingerprint density at radius 1 is 1.03 bits per heavy atom. The third kappa shape index (κ3) is 6.73. The second-order valence-corrected chi connectivity index (χ2v) is 7.16. The molecule has 0 bridgehead atoms. The Hall–Kier alpha value is -2.01. The summed E-state index contributed by atoms with van der Waals surface area (Å²) in [5.74, 6) is -17.9. The number of carbonyl (C=O) groups excluding carboxylic acids is 2. The van der Waals surface area contributed by atoms with Crippen molar-refractivity contribution in [2.24, 2.45) is 0 Å². The molecule has 1 N–H and O–H groups in total. The van der Waals surface area contributed by atoms with E-state index in [9.17, 15) is 53.1 Å². The summed E-state index contributed by atoms with van der Waals surface area (Å²) in [6.07, 6.45) is -8.39. The fourth-order valence-corrected chi connectivity index (χ4v) is 2.11. The van der Waals surface area contributed by atoms with E-state index < -0.39 is 70.7 Å². The molecule has 0 aliphatic heterocycles. The van der Waals surface area contributed by atoms with Crippen LogP contribution in [0.4, 0.5) is 35.1 Å². The fourth-order valence-electron chi connectivity index (χ4n) is 1.63. The van der Waals surface area contributed by atoms with Crippen molar-refractivity contribution in [2.45, 2.75) is 49.3 Å². The minimum Gasteiger partial charge on any atom is -0.461 e. The van der Waals surface area contributed by atoms with E-state index >= 15 is 0 Å². The number of ether oxygens (including phenoxy) is 3. The Morgan fingerprint density at radius 2 is 1.55 bits per heavy atom. The summed E-state index contributed by atoms with van der Waals surface area (Å²) in [5, 5.41) is -6.16. The lowest BCUT2D eigenvalue weighted by Crippen LogP contribution is -2.59. The van der Waals surface area contributed by atoms with E-state index in [2.05, 4.69) is 20.8 Å². The smallest absolute Gasteiger partial charge is 0.461 e. The monoisotopic (exact) mass is 496 g/mol. The second kappa shape index (κ2) is 10.1. The van der Waals surface area contributed by atoms with Crippen LogP contribution in [0.25, 0.3) is 0 Å². The summed E-state index contributed by atoms with van der Waals surface area (Å²) in [4.78, 5) is 23.1. The van der Waals surface area contributed by atoms with E-state index in [-0.39, 0.29) is 12.8 Å². The number of unbranched alkanes of at least 4 members (excludes halogenated alkanes) is 1. The molecule has 0 saturated carbocycles. The van der Waals surface area contributed by atoms with Crippen LogP contribution in [-0.4, -0.2) is 61.3 Å². The van der Waals surface area contributed by atoms with Crippen molar-refractivity contribution in [2.75, 3.05) is 13.2 Å². The average molecular weight is 496 g/mol. The Bertz CT molecular complexity index is 780. The van der Waals surface area contributed by atoms with E-state index in [1.54, 1.807) is 0 Å². The molecule has 0 radical (unpaired) electrons. The van der Waals surface area contributed by atoms with Gasteiger partial charge in [0.25, 0.3) is 0 Å². The van der Waals surface area contributed by atoms with Gasteiger partial charge in [0.05, 0.1) is 13.2 Å². The van der Waals surface area contributed by atoms with Gasteiger partial charge in [0, 0.05) is 6.42 Å². The predicted molar refractivity (Wildman–Crippen MR) is 83.0 cm³/mol. The minimum atomic E-state index is -6.72. The number of hydrogen-bond acceptors (Lipinski definition) is 7. The van der Waals surface area contributed by atoms with E-state index in [1.165, 1.54) is 6.92 Å². The van der Waals surface area contributed by atoms with Crippen molar-refractivity contribution in [1.29, 1.82) is 0 Å². The van der Waals surface area contributed by atoms with Crippen LogP contribution in [0.1, 0.15) is 26.2 Å². The lowest BCUT2D eigenvalue weighted by Gasteiger charge is -2.32. The second-order valence-electron chi connectivity index (χ2n) is 5.69. The van der Waals surface area contributed by atoms with Gasteiger partial charge in [-0.25, -0.2) is 9.59 Å². The first-order valence-electron chi connectivity index (χ1n) is 7.95. The van der Waals surface area contributed by atoms with E-state index in [1.807, 2.05) is 0 Å². The normalized spacial score (nSPS) is 15.2. The Morgan fingerprint density at radius 3 is 1.94 bits per heavy atom. The number of halogens is 8. The van der Waals surface area contributed by atoms with E-state index in [0.29, 0.717) is 0 Å². The third-order valence-electron chi connectivity index (χ3n) is 3.30. The quantitative estimate of drug-likeness (QED) is 0.109. The number of rotatable bonds is 12. The molecule has 0 spiro atoms. The molecular weight excluding hydrogens is 480 g/mol. The topological polar surface area (TPSA) is 116 Å². The Labute approximate surface area is 169 Å². The number of alkyl halides is 7. The van der Waals surface area contributed by atoms with Crippen molar-refractivity contribution in [3.8, 4) is 0 Å². The maximum absolute atomic E-state index is 13.5. The SMILES string of the molecule is C=C(F)C(=O)OC(OCCC(F)(F)C(F)(F)S(=O)(=O)O)(C(=O)OCCCC)C(F)(F)F. The third-order valence-corrected chi connectivity index (χ3v) is 4.25. The fraction of sp³-hybridized carbons (Fsp3) is 0.714. The highest BCUT2D eigenvalue weighted by Gasteiger charge is 2.69. The lowest BCUT2D eigenvalue weighted by atomic mass is 10.2. The van der Waals surface area contributed by atoms with Gasteiger partial charge in [-0.1, -0.05) is 19.9 Å². The molecular formula is C14H16F8O8S. The van der Waals surface area contributed by atoms with Crippen LogP contribution in [0.5, 0.6) is 0 Å². The van der Waals surface area contributed by atoms with Crippen LogP contribution in [0.2, 0.25) is 0 Å². The molecule has 0 rings (SSSR count). The molecule has 0 amide bonds. The van der Waals surface area contributed by atoms with Crippen molar-refractivity contribution in [1.82, 2.24) is 0 Å². The van der Waals surface area contributed by atoms with Gasteiger partial charge in [-0.2, -0.15) is 43.5 Å². The highest BCUT2D eigenvalue weighted by Crippen LogP contribution is 2.42. The maximum atomic E-state index is 13.5. The molecule has 1 unspecified atom stereocenters. The van der Waals surface area contributed by atoms with Gasteiger partial charge >= 0.3 is 45.2 Å². The summed E-state index contributed by atoms with van der Waals surface area (Å²) in [5.41, 5.74) is 0. The molecule has 0 aliphatic rings. The van der Waals surface area contributed by atoms with Crippen LogP contribution in [0.3, 0.4) is 0 Å². The molecule has 0 aromatic heterocycles. The molecule has 17 heteroatoms. The molecule has 0 aliphatic carbocycles. The zero-order chi connectivity index (χ0) is 24.9. The Kier molecular flexibility index (Phi) is 9.42. The molecule has 0 aromatic rings. The summed E-state index contributed by atoms with van der Waals surface area (Å²) >= 11 is 0. The van der Waals surface area contributed by atoms with Crippen molar-refractivity contribution in [3.05, 3.63) is 12.4 Å². The van der Waals surface area contributed by atoms with Crippen LogP contribution < -0.4 is 0 Å². The average Bonchev–Trinajstić information content (AvgIpc) is 2.58. The van der Waals surface area contributed by atoms with Gasteiger partial charge in [0.1, 0.15) is 0 Å². The van der Waals surface area contributed by atoms with Crippen LogP contribution in [0, 0.1) is 0 Å². The molecule has 1 atom stereocenters. The van der Waals surface area contributed by atoms with Gasteiger partial charge in [0.15, 0.2) is 0 Å². The Balaban J connectivity index is 5.96. The number of hydrogen-bond donors (Lipinski definition) is 1. The summed E-state index contributed by atoms with van der Waals surface area (Å²) in [6, 6.07) is 0. The molecule has 31 heavy (non-hydrogen) atoms. The molecule has 0 saturated heterocycles. The summed E-state index contributed by atoms with van der Waals surface area (Å²) in [6.45, 7) is 0.902. The minimum absolute atomic E-state index is 0.0257. The van der Waals surface area contributed by atoms with Crippen molar-refractivity contribution >= 4 is 22.1 Å². The maximum Gasteiger partial charge on any atom is 0.468 e. The van der Waals surface area contributed by atoms with Gasteiger partial charge in [-0.05, 0) is 6.42 Å². The summed E-state index contributed by atoms with van der Waals surface area (Å²) in [7, 11) is -6.72. The first-order valence-corrected chi connectivity index (χ1v) is 9.39. The highest BCUT2D eigenvalue weighted by molar-refractivity contribution is 7.87. The lowest BCUT2D eigenvalue weighted by molar-refractivity contribution is -0.357. The first-order chi connectivity index (χ1) is 13.8. The molecule has 0 fully saturated rings. The summed E-state index contributed by atoms with van der Waals surface area (Å²) < 4.78 is 147. The van der Waals surface area contributed by atoms with Gasteiger partial charge in [-0.15, -0.1) is 0 Å². The number of carbonyl (C=O) groups is 2. The van der Waals surface area contributed by atoms with Crippen molar-refractivity contribution < 1.29 is 71.9 Å². The van der Waals surface area contributed by atoms with Crippen molar-refractivity contribution in [3.63, 3.8) is 0 Å². The molecule has 0 aromatic carbocycles. The zero-order valence-electron chi connectivity index (χ0n) is 15.5. The van der Waals surface area contributed by atoms with Crippen LogP contribution in [0.15, 0.2) is 12.4 Å². The van der Waals surface area contributed by atoms with Crippen LogP contribution in [-0.2, 0) is 33.9 Å². The van der Waals surface area contributed by atoms with Gasteiger partial charge in [0.2, 0.25) is 5.83 Å². The largest absolute Gasteiger partial charge is 0.468 e. The van der Waals surface area contributed by atoms with Crippen LogP contribution >= 0.6 is 0 Å². The zero-order valence-corrected chi connectivity index (χ0v) is 16.3. The predicted octanol–water partition coefficient (Wildman–Crippen LogP) is 3.14. The first kappa shape index (κ1) is 29.0. The number of esters is 2. The van der Waals surface area contributed by atoms with E-state index in [0.717, 1.165) is 0 Å². The molecule has 182 valence electrons. The standard InChI is InChI=1S/C14H16F8O8S/c1-3-4-6-28-10(24)12(13(18,19)20,30-9(23)8(2)15)29-7-5-11(16,17)14(21,22)31(25,26)27/h2-7H2,1H3,(H,25,26,27).